The number of para-hydroxylation sites is 3. The van der Waals surface area contributed by atoms with Crippen molar-refractivity contribution >= 4 is 17.5 Å². The molecule has 1 fully saturated rings. The lowest BCUT2D eigenvalue weighted by molar-refractivity contribution is -0.126. The molecule has 29 heavy (non-hydrogen) atoms. The summed E-state index contributed by atoms with van der Waals surface area (Å²) in [5.41, 5.74) is 1.90. The van der Waals surface area contributed by atoms with E-state index in [0.717, 1.165) is 17.9 Å². The quantitative estimate of drug-likeness (QED) is 0.818. The molecule has 2 unspecified atom stereocenters. The lowest BCUT2D eigenvalue weighted by Gasteiger charge is -2.25. The van der Waals surface area contributed by atoms with Crippen LogP contribution in [-0.2, 0) is 16.0 Å². The van der Waals surface area contributed by atoms with Gasteiger partial charge in [-0.2, -0.15) is 0 Å². The van der Waals surface area contributed by atoms with Crippen molar-refractivity contribution in [3.05, 3.63) is 54.1 Å². The molecule has 2 aromatic carbocycles. The minimum absolute atomic E-state index is 0.0489. The van der Waals surface area contributed by atoms with Gasteiger partial charge in [0.05, 0.1) is 24.8 Å². The Morgan fingerprint density at radius 2 is 1.97 bits per heavy atom. The lowest BCUT2D eigenvalue weighted by atomic mass is 9.96. The second kappa shape index (κ2) is 8.55. The van der Waals surface area contributed by atoms with E-state index in [0.29, 0.717) is 32.1 Å². The van der Waals surface area contributed by atoms with Gasteiger partial charge >= 0.3 is 0 Å². The summed E-state index contributed by atoms with van der Waals surface area (Å²) in [7, 11) is 0. The van der Waals surface area contributed by atoms with Crippen LogP contribution >= 0.6 is 0 Å². The Balaban J connectivity index is 1.34. The van der Waals surface area contributed by atoms with Crippen LogP contribution in [0.2, 0.25) is 0 Å². The second-order valence-corrected chi connectivity index (χ2v) is 7.54. The zero-order chi connectivity index (χ0) is 20.2. The monoisotopic (exact) mass is 394 g/mol. The van der Waals surface area contributed by atoms with E-state index in [1.165, 1.54) is 5.56 Å². The van der Waals surface area contributed by atoms with E-state index < -0.39 is 0 Å². The zero-order valence-electron chi connectivity index (χ0n) is 16.6. The first kappa shape index (κ1) is 19.3. The van der Waals surface area contributed by atoms with Crippen LogP contribution in [0.4, 0.5) is 5.69 Å². The van der Waals surface area contributed by atoms with E-state index in [-0.39, 0.29) is 30.1 Å². The van der Waals surface area contributed by atoms with E-state index in [4.69, 9.17) is 9.47 Å². The van der Waals surface area contributed by atoms with E-state index in [2.05, 4.69) is 11.4 Å². The predicted molar refractivity (Wildman–Crippen MR) is 110 cm³/mol. The van der Waals surface area contributed by atoms with Crippen LogP contribution < -0.4 is 19.7 Å². The molecular formula is C23H26N2O4. The summed E-state index contributed by atoms with van der Waals surface area (Å²) in [6, 6.07) is 15.5. The Morgan fingerprint density at radius 1 is 1.17 bits per heavy atom. The van der Waals surface area contributed by atoms with E-state index in [1.54, 1.807) is 4.90 Å². The molecule has 0 aliphatic carbocycles. The van der Waals surface area contributed by atoms with Crippen molar-refractivity contribution in [3.63, 3.8) is 0 Å². The number of carbonyl (C=O) groups excluding carboxylic acids is 2. The Hall–Kier alpha value is -3.02. The highest BCUT2D eigenvalue weighted by Crippen LogP contribution is 2.33. The molecule has 152 valence electrons. The summed E-state index contributed by atoms with van der Waals surface area (Å²) in [5, 5.41) is 3.03. The number of hydrogen-bond acceptors (Lipinski definition) is 4. The van der Waals surface area contributed by atoms with Gasteiger partial charge in [-0.05, 0) is 37.1 Å². The van der Waals surface area contributed by atoms with Gasteiger partial charge in [-0.25, -0.2) is 0 Å². The lowest BCUT2D eigenvalue weighted by Crippen LogP contribution is -2.38. The third kappa shape index (κ3) is 4.21. The number of nitrogens with one attached hydrogen (secondary N) is 1. The van der Waals surface area contributed by atoms with E-state index in [1.807, 2.05) is 49.4 Å². The highest BCUT2D eigenvalue weighted by Gasteiger charge is 2.36. The summed E-state index contributed by atoms with van der Waals surface area (Å²) in [6.07, 6.45) is 1.10. The highest BCUT2D eigenvalue weighted by atomic mass is 16.5. The molecule has 6 heteroatoms. The van der Waals surface area contributed by atoms with Gasteiger partial charge in [0.2, 0.25) is 11.8 Å². The minimum atomic E-state index is -0.353. The molecule has 2 heterocycles. The molecule has 2 aromatic rings. The largest absolute Gasteiger partial charge is 0.493 e. The Bertz CT molecular complexity index is 898. The molecule has 2 amide bonds. The summed E-state index contributed by atoms with van der Waals surface area (Å²) in [6.45, 7) is 3.95. The Morgan fingerprint density at radius 3 is 2.83 bits per heavy atom. The summed E-state index contributed by atoms with van der Waals surface area (Å²) < 4.78 is 11.4. The average Bonchev–Trinajstić information content (AvgIpc) is 3.14. The van der Waals surface area contributed by atoms with Crippen molar-refractivity contribution in [1.82, 2.24) is 5.32 Å². The fraction of sp³-hybridized carbons (Fsp3) is 0.391. The second-order valence-electron chi connectivity index (χ2n) is 7.54. The minimum Gasteiger partial charge on any atom is -0.493 e. The molecule has 0 spiro atoms. The number of hydrogen-bond donors (Lipinski definition) is 1. The molecule has 1 saturated heterocycles. The topological polar surface area (TPSA) is 67.9 Å². The fourth-order valence-electron chi connectivity index (χ4n) is 3.98. The van der Waals surface area contributed by atoms with Crippen LogP contribution in [0.1, 0.15) is 18.9 Å². The van der Waals surface area contributed by atoms with Gasteiger partial charge in [0.15, 0.2) is 0 Å². The molecule has 0 saturated carbocycles. The van der Waals surface area contributed by atoms with E-state index >= 15 is 0 Å². The van der Waals surface area contributed by atoms with Crippen molar-refractivity contribution in [1.29, 1.82) is 0 Å². The third-order valence-electron chi connectivity index (χ3n) is 5.47. The standard InChI is InChI=1S/C23H26N2O4/c1-2-28-21-10-6-4-8-19(21)25-14-18(12-22(25)26)23(27)24-13-16-11-17-7-3-5-9-20(17)29-15-16/h3-10,16,18H,2,11-15H2,1H3,(H,24,27). The maximum absolute atomic E-state index is 12.7. The summed E-state index contributed by atoms with van der Waals surface area (Å²) >= 11 is 0. The zero-order valence-corrected chi connectivity index (χ0v) is 16.6. The highest BCUT2D eigenvalue weighted by molar-refractivity contribution is 6.01. The first-order chi connectivity index (χ1) is 14.2. The van der Waals surface area contributed by atoms with Gasteiger partial charge in [-0.15, -0.1) is 0 Å². The number of fused-ring (bicyclic) bond motifs is 1. The van der Waals surface area contributed by atoms with Crippen molar-refractivity contribution in [2.75, 3.05) is 31.2 Å². The first-order valence-corrected chi connectivity index (χ1v) is 10.2. The maximum Gasteiger partial charge on any atom is 0.227 e. The van der Waals surface area contributed by atoms with Crippen LogP contribution in [0.5, 0.6) is 11.5 Å². The summed E-state index contributed by atoms with van der Waals surface area (Å²) in [5.74, 6) is 1.36. The molecule has 4 rings (SSSR count). The smallest absolute Gasteiger partial charge is 0.227 e. The predicted octanol–water partition coefficient (Wildman–Crippen LogP) is 2.81. The number of ether oxygens (including phenoxy) is 2. The van der Waals surface area contributed by atoms with Crippen molar-refractivity contribution < 1.29 is 19.1 Å². The van der Waals surface area contributed by atoms with Crippen LogP contribution in [0.15, 0.2) is 48.5 Å². The van der Waals surface area contributed by atoms with Gasteiger partial charge in [0, 0.05) is 25.4 Å². The number of benzene rings is 2. The first-order valence-electron chi connectivity index (χ1n) is 10.2. The number of carbonyl (C=O) groups is 2. The molecule has 0 radical (unpaired) electrons. The van der Waals surface area contributed by atoms with Crippen molar-refractivity contribution in [2.24, 2.45) is 11.8 Å². The fourth-order valence-corrected chi connectivity index (χ4v) is 3.98. The normalized spacial score (nSPS) is 20.7. The van der Waals surface area contributed by atoms with Crippen molar-refractivity contribution in [3.8, 4) is 11.5 Å². The molecule has 6 nitrogen and oxygen atoms in total. The van der Waals surface area contributed by atoms with Gasteiger partial charge in [-0.1, -0.05) is 30.3 Å². The molecule has 0 bridgehead atoms. The van der Waals surface area contributed by atoms with Gasteiger partial charge in [0.25, 0.3) is 0 Å². The molecule has 2 aliphatic heterocycles. The number of anilines is 1. The Kier molecular flexibility index (Phi) is 5.69. The molecule has 2 atom stereocenters. The van der Waals surface area contributed by atoms with E-state index in [9.17, 15) is 9.59 Å². The average molecular weight is 394 g/mol. The van der Waals surface area contributed by atoms with Gasteiger partial charge in [-0.3, -0.25) is 9.59 Å². The molecule has 0 aromatic heterocycles. The van der Waals surface area contributed by atoms with Crippen LogP contribution in [0.3, 0.4) is 0 Å². The SMILES string of the molecule is CCOc1ccccc1N1CC(C(=O)NCC2COc3ccccc3C2)CC1=O. The molecule has 1 N–H and O–H groups in total. The number of nitrogens with zero attached hydrogens (tertiary/aromatic N) is 1. The van der Waals surface area contributed by atoms with Crippen LogP contribution in [-0.4, -0.2) is 38.1 Å². The number of amides is 2. The van der Waals surface area contributed by atoms with Crippen molar-refractivity contribution in [2.45, 2.75) is 19.8 Å². The molecule has 2 aliphatic rings. The van der Waals surface area contributed by atoms with Gasteiger partial charge < -0.3 is 19.7 Å². The maximum atomic E-state index is 12.7. The van der Waals surface area contributed by atoms with Crippen LogP contribution in [0, 0.1) is 11.8 Å². The van der Waals surface area contributed by atoms with Gasteiger partial charge in [0.1, 0.15) is 11.5 Å². The summed E-state index contributed by atoms with van der Waals surface area (Å²) in [4.78, 5) is 26.9. The number of rotatable bonds is 6. The third-order valence-corrected chi connectivity index (χ3v) is 5.47. The molecular weight excluding hydrogens is 368 g/mol. The van der Waals surface area contributed by atoms with Crippen LogP contribution in [0.25, 0.3) is 0 Å². The Labute approximate surface area is 170 Å².